The number of carbonyl (C=O) groups is 2. The van der Waals surface area contributed by atoms with Crippen molar-refractivity contribution in [1.82, 2.24) is 4.90 Å². The Bertz CT molecular complexity index is 1020. The monoisotopic (exact) mass is 484 g/mol. The fourth-order valence-corrected chi connectivity index (χ4v) is 5.17. The molecule has 0 atom stereocenters. The minimum absolute atomic E-state index is 0. The van der Waals surface area contributed by atoms with Gasteiger partial charge in [0.05, 0.1) is 12.8 Å². The van der Waals surface area contributed by atoms with Crippen molar-refractivity contribution in [3.05, 3.63) is 58.7 Å². The Hall–Kier alpha value is -2.37. The summed E-state index contributed by atoms with van der Waals surface area (Å²) >= 11 is 0. The lowest BCUT2D eigenvalue weighted by molar-refractivity contribution is -0.118. The highest BCUT2D eigenvalue weighted by molar-refractivity contribution is 6.02. The highest BCUT2D eigenvalue weighted by atomic mass is 35.5. The topological polar surface area (TPSA) is 49.9 Å². The van der Waals surface area contributed by atoms with Gasteiger partial charge in [-0.3, -0.25) is 9.59 Å². The Labute approximate surface area is 209 Å². The number of benzene rings is 2. The van der Waals surface area contributed by atoms with Gasteiger partial charge in [0, 0.05) is 37.5 Å². The van der Waals surface area contributed by atoms with Gasteiger partial charge in [-0.1, -0.05) is 18.2 Å². The molecular formula is C28H37ClN2O3. The van der Waals surface area contributed by atoms with Gasteiger partial charge in [0.1, 0.15) is 5.75 Å². The van der Waals surface area contributed by atoms with E-state index in [9.17, 15) is 9.59 Å². The van der Waals surface area contributed by atoms with Gasteiger partial charge < -0.3 is 14.5 Å². The van der Waals surface area contributed by atoms with Gasteiger partial charge >= 0.3 is 0 Å². The number of anilines is 1. The van der Waals surface area contributed by atoms with Gasteiger partial charge in [0.25, 0.3) is 0 Å². The number of unbranched alkanes of at least 4 members (excludes halogenated alkanes) is 1. The lowest BCUT2D eigenvalue weighted by atomic mass is 9.94. The number of para-hydroxylation sites is 1. The van der Waals surface area contributed by atoms with Crippen LogP contribution in [0.15, 0.2) is 36.4 Å². The fraction of sp³-hybridized carbons (Fsp3) is 0.500. The molecule has 0 N–H and O–H groups in total. The van der Waals surface area contributed by atoms with Gasteiger partial charge in [0.15, 0.2) is 5.78 Å². The number of methoxy groups -OCH3 is 1. The van der Waals surface area contributed by atoms with Crippen LogP contribution in [0.5, 0.6) is 5.75 Å². The summed E-state index contributed by atoms with van der Waals surface area (Å²) in [5, 5.41) is 0. The summed E-state index contributed by atoms with van der Waals surface area (Å²) in [6.45, 7) is 7.20. The maximum absolute atomic E-state index is 12.9. The van der Waals surface area contributed by atoms with Crippen LogP contribution in [0.3, 0.4) is 0 Å². The first-order valence-electron chi connectivity index (χ1n) is 12.3. The highest BCUT2D eigenvalue weighted by Gasteiger charge is 2.31. The van der Waals surface area contributed by atoms with Crippen LogP contribution >= 0.6 is 12.4 Å². The number of amides is 1. The summed E-state index contributed by atoms with van der Waals surface area (Å²) in [4.78, 5) is 29.5. The molecule has 5 nitrogen and oxygen atoms in total. The summed E-state index contributed by atoms with van der Waals surface area (Å²) in [7, 11) is 1.72. The van der Waals surface area contributed by atoms with E-state index in [-0.39, 0.29) is 24.1 Å². The Morgan fingerprint density at radius 2 is 1.79 bits per heavy atom. The molecule has 0 saturated carbocycles. The number of aryl methyl sites for hydroxylation is 1. The molecule has 0 bridgehead atoms. The molecule has 0 aliphatic carbocycles. The summed E-state index contributed by atoms with van der Waals surface area (Å²) in [5.41, 5.74) is 5.51. The van der Waals surface area contributed by atoms with Crippen LogP contribution in [-0.4, -0.2) is 49.4 Å². The van der Waals surface area contributed by atoms with Crippen LogP contribution < -0.4 is 9.64 Å². The molecule has 34 heavy (non-hydrogen) atoms. The second-order valence-corrected chi connectivity index (χ2v) is 9.51. The molecule has 2 aromatic rings. The zero-order valence-corrected chi connectivity index (χ0v) is 21.5. The van der Waals surface area contributed by atoms with Gasteiger partial charge in [-0.15, -0.1) is 12.4 Å². The third-order valence-electron chi connectivity index (χ3n) is 7.06. The summed E-state index contributed by atoms with van der Waals surface area (Å²) in [5.74, 6) is 1.41. The van der Waals surface area contributed by atoms with E-state index in [1.165, 1.54) is 16.7 Å². The Balaban J connectivity index is 0.00000324. The number of ketones is 1. The maximum atomic E-state index is 12.9. The molecule has 0 radical (unpaired) electrons. The van der Waals surface area contributed by atoms with E-state index in [1.54, 1.807) is 7.11 Å². The molecular weight excluding hydrogens is 448 g/mol. The first-order valence-corrected chi connectivity index (χ1v) is 12.3. The standard InChI is InChI=1S/C28H36N2O3.ClH/c1-20(2)29(16-13-21-8-4-5-10-26(21)33-3)15-7-6-9-25(31)24-18-22-11-12-27(32)30-17-14-23(19-24)28(22)30;/h4-5,8,10,18-20H,6-7,9,11-17H2,1-3H3;1H. The Morgan fingerprint density at radius 3 is 2.53 bits per heavy atom. The third-order valence-corrected chi connectivity index (χ3v) is 7.06. The number of nitrogens with zero attached hydrogens (tertiary/aromatic N) is 2. The maximum Gasteiger partial charge on any atom is 0.227 e. The number of hydrogen-bond acceptors (Lipinski definition) is 4. The van der Waals surface area contributed by atoms with Crippen molar-refractivity contribution in [2.75, 3.05) is 31.6 Å². The van der Waals surface area contributed by atoms with Crippen molar-refractivity contribution in [3.8, 4) is 5.75 Å². The molecule has 0 fully saturated rings. The zero-order valence-electron chi connectivity index (χ0n) is 20.6. The molecule has 1 amide bonds. The number of Topliss-reactive ketones (excluding diaryl/α,β-unsaturated/α-hetero) is 1. The van der Waals surface area contributed by atoms with Crippen LogP contribution in [0.25, 0.3) is 0 Å². The fourth-order valence-electron chi connectivity index (χ4n) is 5.17. The zero-order chi connectivity index (χ0) is 23.4. The van der Waals surface area contributed by atoms with Crippen molar-refractivity contribution in [2.24, 2.45) is 0 Å². The minimum Gasteiger partial charge on any atom is -0.496 e. The van der Waals surface area contributed by atoms with Crippen LogP contribution in [0, 0.1) is 0 Å². The molecule has 4 rings (SSSR count). The lowest BCUT2D eigenvalue weighted by Gasteiger charge is -2.27. The van der Waals surface area contributed by atoms with Gasteiger partial charge in [-0.2, -0.15) is 0 Å². The molecule has 2 heterocycles. The molecule has 0 unspecified atom stereocenters. The van der Waals surface area contributed by atoms with Crippen molar-refractivity contribution in [1.29, 1.82) is 0 Å². The van der Waals surface area contributed by atoms with E-state index < -0.39 is 0 Å². The molecule has 2 aliphatic rings. The number of ether oxygens (including phenoxy) is 1. The first kappa shape index (κ1) is 26.2. The lowest BCUT2D eigenvalue weighted by Crippen LogP contribution is -2.33. The van der Waals surface area contributed by atoms with E-state index in [1.807, 2.05) is 29.2 Å². The van der Waals surface area contributed by atoms with E-state index in [0.717, 1.165) is 68.7 Å². The molecule has 0 spiro atoms. The summed E-state index contributed by atoms with van der Waals surface area (Å²) < 4.78 is 5.49. The van der Waals surface area contributed by atoms with E-state index in [2.05, 4.69) is 30.9 Å². The Kier molecular flexibility index (Phi) is 9.15. The average Bonchev–Trinajstić information content (AvgIpc) is 3.26. The molecule has 6 heteroatoms. The highest BCUT2D eigenvalue weighted by Crippen LogP contribution is 2.37. The van der Waals surface area contributed by atoms with Crippen LogP contribution in [-0.2, 0) is 24.1 Å². The van der Waals surface area contributed by atoms with E-state index in [4.69, 9.17) is 4.74 Å². The van der Waals surface area contributed by atoms with Gasteiger partial charge in [-0.25, -0.2) is 0 Å². The minimum atomic E-state index is 0. The number of hydrogen-bond donors (Lipinski definition) is 0. The predicted molar refractivity (Wildman–Crippen MR) is 140 cm³/mol. The second kappa shape index (κ2) is 11.9. The summed E-state index contributed by atoms with van der Waals surface area (Å²) in [6.07, 6.45) is 5.63. The van der Waals surface area contributed by atoms with Crippen LogP contribution in [0.2, 0.25) is 0 Å². The number of carbonyl (C=O) groups excluding carboxylic acids is 2. The molecule has 2 aromatic carbocycles. The SMILES string of the molecule is COc1ccccc1CCN(CCCCC(=O)c1cc2c3c(c1)CCN3C(=O)CC2)C(C)C.Cl. The summed E-state index contributed by atoms with van der Waals surface area (Å²) in [6, 6.07) is 12.8. The van der Waals surface area contributed by atoms with Crippen molar-refractivity contribution in [2.45, 2.75) is 64.8 Å². The average molecular weight is 485 g/mol. The van der Waals surface area contributed by atoms with Gasteiger partial charge in [-0.05, 0) is 87.4 Å². The number of halogens is 1. The second-order valence-electron chi connectivity index (χ2n) is 9.51. The normalized spacial score (nSPS) is 14.4. The Morgan fingerprint density at radius 1 is 1.06 bits per heavy atom. The van der Waals surface area contributed by atoms with Crippen LogP contribution in [0.4, 0.5) is 5.69 Å². The van der Waals surface area contributed by atoms with E-state index in [0.29, 0.717) is 18.9 Å². The van der Waals surface area contributed by atoms with Crippen molar-refractivity contribution in [3.63, 3.8) is 0 Å². The van der Waals surface area contributed by atoms with E-state index >= 15 is 0 Å². The van der Waals surface area contributed by atoms with Crippen LogP contribution in [0.1, 0.15) is 66.6 Å². The molecule has 0 aromatic heterocycles. The first-order chi connectivity index (χ1) is 16.0. The van der Waals surface area contributed by atoms with Gasteiger partial charge in [0.2, 0.25) is 5.91 Å². The molecule has 184 valence electrons. The van der Waals surface area contributed by atoms with Crippen molar-refractivity contribution >= 4 is 29.8 Å². The molecule has 2 aliphatic heterocycles. The largest absolute Gasteiger partial charge is 0.496 e. The third kappa shape index (κ3) is 5.81. The predicted octanol–water partition coefficient (Wildman–Crippen LogP) is 5.26. The molecule has 0 saturated heterocycles. The number of rotatable bonds is 11. The quantitative estimate of drug-likeness (QED) is 0.322. The smallest absolute Gasteiger partial charge is 0.227 e. The van der Waals surface area contributed by atoms with Crippen molar-refractivity contribution < 1.29 is 14.3 Å².